The first kappa shape index (κ1) is 18.9. The topological polar surface area (TPSA) is 118 Å². The summed E-state index contributed by atoms with van der Waals surface area (Å²) < 4.78 is 1.64. The number of nitro groups is 1. The summed E-state index contributed by atoms with van der Waals surface area (Å²) in [5.74, 6) is -0.222. The number of H-pyrrole nitrogens is 1. The van der Waals surface area contributed by atoms with E-state index in [-0.39, 0.29) is 11.6 Å². The van der Waals surface area contributed by atoms with E-state index in [9.17, 15) is 14.9 Å². The van der Waals surface area contributed by atoms with Gasteiger partial charge in [-0.1, -0.05) is 6.07 Å². The number of nitrogens with zero attached hydrogens (tertiary/aromatic N) is 3. The van der Waals surface area contributed by atoms with Gasteiger partial charge in [-0.25, -0.2) is 4.68 Å². The summed E-state index contributed by atoms with van der Waals surface area (Å²) in [5.41, 5.74) is 3.69. The van der Waals surface area contributed by atoms with E-state index >= 15 is 0 Å². The molecule has 0 aliphatic heterocycles. The van der Waals surface area contributed by atoms with Crippen molar-refractivity contribution in [3.05, 3.63) is 83.4 Å². The second-order valence-corrected chi connectivity index (χ2v) is 6.61. The highest BCUT2D eigenvalue weighted by Gasteiger charge is 2.16. The Kier molecular flexibility index (Phi) is 5.00. The number of aromatic amines is 1. The molecule has 2 aromatic carbocycles. The molecular weight excluding hydrogens is 384 g/mol. The molecule has 4 aromatic rings. The highest BCUT2D eigenvalue weighted by atomic mass is 16.6. The number of rotatable bonds is 6. The van der Waals surface area contributed by atoms with Gasteiger partial charge in [0, 0.05) is 49.2 Å². The van der Waals surface area contributed by atoms with E-state index in [4.69, 9.17) is 0 Å². The number of amides is 1. The Bertz CT molecular complexity index is 1200. The van der Waals surface area contributed by atoms with Crippen molar-refractivity contribution in [2.24, 2.45) is 0 Å². The third kappa shape index (κ3) is 4.04. The van der Waals surface area contributed by atoms with E-state index in [1.807, 2.05) is 12.1 Å². The van der Waals surface area contributed by atoms with Crippen LogP contribution in [0, 0.1) is 10.1 Å². The Labute approximate surface area is 171 Å². The third-order valence-electron chi connectivity index (χ3n) is 4.41. The van der Waals surface area contributed by atoms with Crippen LogP contribution in [0.25, 0.3) is 16.8 Å². The Morgan fingerprint density at radius 1 is 1.13 bits per heavy atom. The largest absolute Gasteiger partial charge is 0.367 e. The molecule has 0 aliphatic carbocycles. The van der Waals surface area contributed by atoms with Gasteiger partial charge < -0.3 is 15.6 Å². The minimum atomic E-state index is -0.426. The van der Waals surface area contributed by atoms with Gasteiger partial charge in [-0.2, -0.15) is 5.10 Å². The number of hydrogen-bond acceptors (Lipinski definition) is 5. The minimum absolute atomic E-state index is 0.0562. The summed E-state index contributed by atoms with van der Waals surface area (Å²) >= 11 is 0. The van der Waals surface area contributed by atoms with Crippen molar-refractivity contribution < 1.29 is 9.72 Å². The van der Waals surface area contributed by atoms with Gasteiger partial charge in [0.15, 0.2) is 0 Å². The first-order valence-corrected chi connectivity index (χ1v) is 9.11. The summed E-state index contributed by atoms with van der Waals surface area (Å²) in [7, 11) is 0. The number of benzene rings is 2. The van der Waals surface area contributed by atoms with E-state index in [0.717, 1.165) is 11.1 Å². The van der Waals surface area contributed by atoms with Gasteiger partial charge in [-0.05, 0) is 47.5 Å². The van der Waals surface area contributed by atoms with Crippen LogP contribution >= 0.6 is 0 Å². The molecule has 0 unspecified atom stereocenters. The molecule has 150 valence electrons. The van der Waals surface area contributed by atoms with Crippen molar-refractivity contribution in [2.45, 2.75) is 6.92 Å². The first-order valence-electron chi connectivity index (χ1n) is 9.11. The predicted molar refractivity (Wildman–Crippen MR) is 114 cm³/mol. The summed E-state index contributed by atoms with van der Waals surface area (Å²) in [4.78, 5) is 25.7. The lowest BCUT2D eigenvalue weighted by Gasteiger charge is -2.13. The summed E-state index contributed by atoms with van der Waals surface area (Å²) in [6, 6.07) is 13.9. The fourth-order valence-electron chi connectivity index (χ4n) is 3.14. The molecule has 0 radical (unpaired) electrons. The molecule has 0 bridgehead atoms. The number of hydrogen-bond donors (Lipinski definition) is 3. The molecule has 3 N–H and O–H groups in total. The monoisotopic (exact) mass is 402 g/mol. The fourth-order valence-corrected chi connectivity index (χ4v) is 3.14. The zero-order chi connectivity index (χ0) is 21.1. The standard InChI is InChI=1S/C21H18N6O3/c1-14(28)24-17-10-18(12-19(11-17)26-8-2-6-23-26)25-20-4-3-15(9-21(20)27(29)30)16-5-7-22-13-16/h2-13,22,25H,1H3,(H,24,28). The van der Waals surface area contributed by atoms with E-state index in [2.05, 4.69) is 20.7 Å². The zero-order valence-corrected chi connectivity index (χ0v) is 16.0. The molecule has 0 spiro atoms. The van der Waals surface area contributed by atoms with Gasteiger partial charge in [0.2, 0.25) is 5.91 Å². The van der Waals surface area contributed by atoms with Crippen LogP contribution in [0.15, 0.2) is 73.3 Å². The molecule has 0 atom stereocenters. The highest BCUT2D eigenvalue weighted by molar-refractivity contribution is 5.90. The van der Waals surface area contributed by atoms with Crippen molar-refractivity contribution in [3.63, 3.8) is 0 Å². The van der Waals surface area contributed by atoms with Gasteiger partial charge >= 0.3 is 0 Å². The molecule has 4 rings (SSSR count). The quantitative estimate of drug-likeness (QED) is 0.325. The van der Waals surface area contributed by atoms with E-state index < -0.39 is 4.92 Å². The lowest BCUT2D eigenvalue weighted by Crippen LogP contribution is -2.07. The normalized spacial score (nSPS) is 10.6. The Morgan fingerprint density at radius 3 is 2.63 bits per heavy atom. The molecule has 0 fully saturated rings. The Hall–Kier alpha value is -4.40. The molecule has 2 aromatic heterocycles. The lowest BCUT2D eigenvalue weighted by atomic mass is 10.1. The van der Waals surface area contributed by atoms with Gasteiger partial charge in [0.25, 0.3) is 5.69 Å². The second-order valence-electron chi connectivity index (χ2n) is 6.61. The number of nitrogens with one attached hydrogen (secondary N) is 3. The SMILES string of the molecule is CC(=O)Nc1cc(Nc2ccc(-c3cc[nH]c3)cc2[N+](=O)[O-])cc(-n2cccn2)c1. The van der Waals surface area contributed by atoms with Gasteiger partial charge in [0.1, 0.15) is 5.69 Å². The zero-order valence-electron chi connectivity index (χ0n) is 16.0. The highest BCUT2D eigenvalue weighted by Crippen LogP contribution is 2.33. The Morgan fingerprint density at radius 2 is 1.97 bits per heavy atom. The van der Waals surface area contributed by atoms with Crippen LogP contribution < -0.4 is 10.6 Å². The van der Waals surface area contributed by atoms with E-state index in [0.29, 0.717) is 22.7 Å². The lowest BCUT2D eigenvalue weighted by molar-refractivity contribution is -0.383. The number of carbonyl (C=O) groups excluding carboxylic acids is 1. The molecular formula is C21H18N6O3. The van der Waals surface area contributed by atoms with Gasteiger partial charge in [-0.15, -0.1) is 0 Å². The van der Waals surface area contributed by atoms with E-state index in [1.54, 1.807) is 59.8 Å². The second kappa shape index (κ2) is 7.92. The van der Waals surface area contributed by atoms with Crippen LogP contribution in [-0.4, -0.2) is 25.6 Å². The molecule has 9 nitrogen and oxygen atoms in total. The maximum Gasteiger partial charge on any atom is 0.293 e. The average Bonchev–Trinajstić information content (AvgIpc) is 3.42. The average molecular weight is 402 g/mol. The number of aromatic nitrogens is 3. The molecule has 0 aliphatic rings. The number of carbonyl (C=O) groups is 1. The molecule has 9 heteroatoms. The minimum Gasteiger partial charge on any atom is -0.367 e. The van der Waals surface area contributed by atoms with Crippen molar-refractivity contribution >= 4 is 28.7 Å². The van der Waals surface area contributed by atoms with Crippen molar-refractivity contribution in [3.8, 4) is 16.8 Å². The van der Waals surface area contributed by atoms with Crippen molar-refractivity contribution in [1.82, 2.24) is 14.8 Å². The molecule has 2 heterocycles. The predicted octanol–water partition coefficient (Wildman–Crippen LogP) is 4.48. The van der Waals surface area contributed by atoms with E-state index in [1.165, 1.54) is 13.0 Å². The van der Waals surface area contributed by atoms with Gasteiger partial charge in [-0.3, -0.25) is 14.9 Å². The van der Waals surface area contributed by atoms with Crippen LogP contribution in [0.4, 0.5) is 22.7 Å². The summed E-state index contributed by atoms with van der Waals surface area (Å²) in [5, 5.41) is 21.7. The maximum absolute atomic E-state index is 11.7. The molecule has 0 saturated carbocycles. The van der Waals surface area contributed by atoms with Crippen LogP contribution in [0.1, 0.15) is 6.92 Å². The van der Waals surface area contributed by atoms with Crippen LogP contribution in [0.2, 0.25) is 0 Å². The number of nitro benzene ring substituents is 1. The third-order valence-corrected chi connectivity index (χ3v) is 4.41. The van der Waals surface area contributed by atoms with Crippen LogP contribution in [0.5, 0.6) is 0 Å². The first-order chi connectivity index (χ1) is 14.5. The van der Waals surface area contributed by atoms with Crippen molar-refractivity contribution in [1.29, 1.82) is 0 Å². The molecule has 0 saturated heterocycles. The van der Waals surface area contributed by atoms with Crippen LogP contribution in [0.3, 0.4) is 0 Å². The van der Waals surface area contributed by atoms with Gasteiger partial charge in [0.05, 0.1) is 10.6 Å². The Balaban J connectivity index is 1.73. The number of anilines is 3. The molecule has 1 amide bonds. The van der Waals surface area contributed by atoms with Crippen LogP contribution in [-0.2, 0) is 4.79 Å². The molecule has 30 heavy (non-hydrogen) atoms. The summed E-state index contributed by atoms with van der Waals surface area (Å²) in [6.45, 7) is 1.41. The van der Waals surface area contributed by atoms with Crippen molar-refractivity contribution in [2.75, 3.05) is 10.6 Å². The summed E-state index contributed by atoms with van der Waals surface area (Å²) in [6.07, 6.45) is 6.95. The maximum atomic E-state index is 11.7. The smallest absolute Gasteiger partial charge is 0.293 e. The fraction of sp³-hybridized carbons (Fsp3) is 0.0476.